The summed E-state index contributed by atoms with van der Waals surface area (Å²) < 4.78 is 15.5. The van der Waals surface area contributed by atoms with Crippen LogP contribution in [-0.4, -0.2) is 62.2 Å². The molecule has 0 N–H and O–H groups in total. The highest BCUT2D eigenvalue weighted by molar-refractivity contribution is 8.29. The molecule has 2 aromatic heterocycles. The number of methoxy groups -OCH3 is 1. The SMILES string of the molecule is COC(=O)c1c(CCCOS(C)(C)C(C)(C)C)c2ccc(Cl)c(-c3cnn(C)c3)c2n1CCCSC(C)=O. The van der Waals surface area contributed by atoms with Crippen LogP contribution in [0.25, 0.3) is 22.0 Å². The lowest BCUT2D eigenvalue weighted by atomic mass is 10.0. The van der Waals surface area contributed by atoms with E-state index in [0.717, 1.165) is 34.0 Å². The van der Waals surface area contributed by atoms with E-state index in [1.165, 1.54) is 18.9 Å². The number of carbonyl (C=O) groups is 2. The normalized spacial score (nSPS) is 12.8. The number of hydrogen-bond acceptors (Lipinski definition) is 6. The standard InChI is InChI=1S/C28H40ClN3O4S2/c1-19(33)37-16-10-14-32-25-22(12-13-23(29)24(25)20-17-30-31(5)18-20)21(26(32)27(34)35-6)11-9-15-36-38(7,8)28(2,3)4/h12-13,17-18H,9-11,14-16H2,1-8H3. The van der Waals surface area contributed by atoms with E-state index in [1.54, 1.807) is 17.8 Å². The smallest absolute Gasteiger partial charge is 0.354 e. The molecule has 0 saturated heterocycles. The maximum absolute atomic E-state index is 13.2. The first-order valence-corrected chi connectivity index (χ1v) is 16.4. The summed E-state index contributed by atoms with van der Waals surface area (Å²) in [7, 11) is 2.03. The molecule has 3 rings (SSSR count). The lowest BCUT2D eigenvalue weighted by Crippen LogP contribution is -2.25. The van der Waals surface area contributed by atoms with Crippen molar-refractivity contribution in [3.8, 4) is 11.1 Å². The Bertz CT molecular complexity index is 1310. The highest BCUT2D eigenvalue weighted by atomic mass is 35.5. The van der Waals surface area contributed by atoms with E-state index in [-0.39, 0.29) is 15.8 Å². The summed E-state index contributed by atoms with van der Waals surface area (Å²) in [5.74, 6) is 0.275. The third kappa shape index (κ3) is 6.79. The van der Waals surface area contributed by atoms with Gasteiger partial charge in [-0.1, -0.05) is 50.2 Å². The predicted molar refractivity (Wildman–Crippen MR) is 162 cm³/mol. The quantitative estimate of drug-likeness (QED) is 0.181. The van der Waals surface area contributed by atoms with Crippen molar-refractivity contribution in [2.45, 2.75) is 58.2 Å². The average Bonchev–Trinajstić information content (AvgIpc) is 3.39. The third-order valence-electron chi connectivity index (χ3n) is 6.91. The molecule has 0 aliphatic heterocycles. The van der Waals surface area contributed by atoms with E-state index in [1.807, 2.05) is 29.9 Å². The van der Waals surface area contributed by atoms with E-state index in [2.05, 4.69) is 38.4 Å². The van der Waals surface area contributed by atoms with Gasteiger partial charge in [-0.25, -0.2) is 4.79 Å². The fourth-order valence-corrected chi connectivity index (χ4v) is 5.97. The molecule has 0 unspecified atom stereocenters. The van der Waals surface area contributed by atoms with Crippen LogP contribution >= 0.6 is 33.7 Å². The Kier molecular flexibility index (Phi) is 10.1. The topological polar surface area (TPSA) is 75.3 Å². The third-order valence-corrected chi connectivity index (χ3v) is 11.8. The lowest BCUT2D eigenvalue weighted by molar-refractivity contribution is -0.109. The molecule has 3 aromatic rings. The fraction of sp³-hybridized carbons (Fsp3) is 0.536. The summed E-state index contributed by atoms with van der Waals surface area (Å²) in [5, 5.41) is 5.99. The van der Waals surface area contributed by atoms with Crippen LogP contribution in [0.15, 0.2) is 24.5 Å². The summed E-state index contributed by atoms with van der Waals surface area (Å²) >= 11 is 8.07. The second-order valence-electron chi connectivity index (χ2n) is 10.7. The van der Waals surface area contributed by atoms with Gasteiger partial charge in [-0.3, -0.25) is 9.48 Å². The number of rotatable bonds is 11. The van der Waals surface area contributed by atoms with Gasteiger partial charge in [0, 0.05) is 53.7 Å². The maximum atomic E-state index is 13.2. The molecule has 0 fully saturated rings. The maximum Gasteiger partial charge on any atom is 0.354 e. The summed E-state index contributed by atoms with van der Waals surface area (Å²) in [6, 6.07) is 3.88. The number of halogens is 1. The Labute approximate surface area is 237 Å². The van der Waals surface area contributed by atoms with Crippen LogP contribution in [0, 0.1) is 0 Å². The van der Waals surface area contributed by atoms with Crippen molar-refractivity contribution in [3.63, 3.8) is 0 Å². The molecular formula is C28H40ClN3O4S2. The highest BCUT2D eigenvalue weighted by Gasteiger charge is 2.29. The van der Waals surface area contributed by atoms with Gasteiger partial charge in [0.25, 0.3) is 0 Å². The Balaban J connectivity index is 2.10. The average molecular weight is 582 g/mol. The number of thioether (sulfide) groups is 1. The molecule has 2 heterocycles. The zero-order valence-corrected chi connectivity index (χ0v) is 26.1. The van der Waals surface area contributed by atoms with Gasteiger partial charge < -0.3 is 13.5 Å². The summed E-state index contributed by atoms with van der Waals surface area (Å²) in [4.78, 5) is 24.8. The van der Waals surface area contributed by atoms with Gasteiger partial charge in [-0.2, -0.15) is 5.10 Å². The van der Waals surface area contributed by atoms with E-state index < -0.39 is 10.3 Å². The van der Waals surface area contributed by atoms with Crippen molar-refractivity contribution >= 4 is 55.7 Å². The molecule has 0 bridgehead atoms. The summed E-state index contributed by atoms with van der Waals surface area (Å²) in [6.45, 7) is 9.34. The molecule has 0 amide bonds. The van der Waals surface area contributed by atoms with Crippen LogP contribution in [0.1, 0.15) is 56.6 Å². The second-order valence-corrected chi connectivity index (χ2v) is 16.3. The number of hydrogen-bond donors (Lipinski definition) is 0. The van der Waals surface area contributed by atoms with Gasteiger partial charge in [-0.15, -0.1) is 10.3 Å². The van der Waals surface area contributed by atoms with Crippen molar-refractivity contribution in [1.82, 2.24) is 14.3 Å². The van der Waals surface area contributed by atoms with Crippen molar-refractivity contribution < 1.29 is 18.5 Å². The number of nitrogens with zero attached hydrogens (tertiary/aromatic N) is 3. The van der Waals surface area contributed by atoms with Gasteiger partial charge in [0.05, 0.1) is 30.5 Å². The number of aromatic nitrogens is 3. The molecule has 0 spiro atoms. The lowest BCUT2D eigenvalue weighted by Gasteiger charge is -2.43. The number of ether oxygens (including phenoxy) is 1. The van der Waals surface area contributed by atoms with E-state index in [4.69, 9.17) is 20.5 Å². The van der Waals surface area contributed by atoms with Gasteiger partial charge in [0.1, 0.15) is 5.69 Å². The molecule has 210 valence electrons. The van der Waals surface area contributed by atoms with Crippen molar-refractivity contribution in [2.24, 2.45) is 7.05 Å². The van der Waals surface area contributed by atoms with Crippen molar-refractivity contribution in [1.29, 1.82) is 0 Å². The number of esters is 1. The van der Waals surface area contributed by atoms with Crippen LogP contribution in [0.5, 0.6) is 0 Å². The van der Waals surface area contributed by atoms with E-state index in [9.17, 15) is 9.59 Å². The van der Waals surface area contributed by atoms with E-state index in [0.29, 0.717) is 42.5 Å². The first-order chi connectivity index (χ1) is 17.8. The van der Waals surface area contributed by atoms with Gasteiger partial charge in [0.15, 0.2) is 5.12 Å². The molecule has 0 saturated carbocycles. The zero-order chi connectivity index (χ0) is 28.3. The number of benzene rings is 1. The van der Waals surface area contributed by atoms with Crippen molar-refractivity contribution in [3.05, 3.63) is 40.8 Å². The molecule has 38 heavy (non-hydrogen) atoms. The number of fused-ring (bicyclic) bond motifs is 1. The van der Waals surface area contributed by atoms with Crippen LogP contribution in [-0.2, 0) is 33.7 Å². The largest absolute Gasteiger partial charge is 0.464 e. The Morgan fingerprint density at radius 1 is 1.18 bits per heavy atom. The second kappa shape index (κ2) is 12.5. The Morgan fingerprint density at radius 3 is 2.47 bits per heavy atom. The van der Waals surface area contributed by atoms with Crippen LogP contribution in [0.2, 0.25) is 5.02 Å². The van der Waals surface area contributed by atoms with Gasteiger partial charge in [-0.05, 0) is 43.4 Å². The molecule has 1 aromatic carbocycles. The van der Waals surface area contributed by atoms with Gasteiger partial charge >= 0.3 is 5.97 Å². The van der Waals surface area contributed by atoms with Crippen LogP contribution in [0.4, 0.5) is 0 Å². The highest BCUT2D eigenvalue weighted by Crippen LogP contribution is 2.53. The number of aryl methyl sites for hydroxylation is 3. The zero-order valence-electron chi connectivity index (χ0n) is 23.7. The summed E-state index contributed by atoms with van der Waals surface area (Å²) in [6.07, 6.45) is 10.2. The Hall–Kier alpha value is -1.94. The molecule has 0 atom stereocenters. The fourth-order valence-electron chi connectivity index (χ4n) is 4.26. The first-order valence-electron chi connectivity index (χ1n) is 12.7. The van der Waals surface area contributed by atoms with E-state index >= 15 is 0 Å². The van der Waals surface area contributed by atoms with Gasteiger partial charge in [0.2, 0.25) is 0 Å². The molecule has 7 nitrogen and oxygen atoms in total. The Morgan fingerprint density at radius 2 is 1.89 bits per heavy atom. The molecule has 0 radical (unpaired) electrons. The molecule has 0 aliphatic rings. The molecular weight excluding hydrogens is 542 g/mol. The molecule has 10 heteroatoms. The minimum atomic E-state index is -1.24. The minimum absolute atomic E-state index is 0.0768. The molecule has 0 aliphatic carbocycles. The summed E-state index contributed by atoms with van der Waals surface area (Å²) in [5.41, 5.74) is 4.06. The number of carbonyl (C=O) groups excluding carboxylic acids is 2. The first kappa shape index (κ1) is 30.6. The van der Waals surface area contributed by atoms with Crippen LogP contribution < -0.4 is 0 Å². The predicted octanol–water partition coefficient (Wildman–Crippen LogP) is 6.88. The van der Waals surface area contributed by atoms with Crippen molar-refractivity contribution in [2.75, 3.05) is 32.0 Å². The van der Waals surface area contributed by atoms with Crippen LogP contribution in [0.3, 0.4) is 0 Å². The monoisotopic (exact) mass is 581 g/mol. The minimum Gasteiger partial charge on any atom is -0.464 e.